The molecule has 0 aliphatic heterocycles. The molecule has 0 amide bonds. The van der Waals surface area contributed by atoms with Crippen molar-refractivity contribution in [1.82, 2.24) is 9.55 Å². The summed E-state index contributed by atoms with van der Waals surface area (Å²) in [5.74, 6) is 1.81. The molecule has 19 heavy (non-hydrogen) atoms. The molecule has 2 N–H and O–H groups in total. The first-order valence-electron chi connectivity index (χ1n) is 6.66. The van der Waals surface area contributed by atoms with Gasteiger partial charge < -0.3 is 15.0 Å². The zero-order chi connectivity index (χ0) is 13.7. The summed E-state index contributed by atoms with van der Waals surface area (Å²) < 4.78 is 7.81. The molecule has 0 spiro atoms. The second-order valence-electron chi connectivity index (χ2n) is 4.74. The van der Waals surface area contributed by atoms with Crippen molar-refractivity contribution in [2.45, 2.75) is 39.5 Å². The molecular formula is C15H21N3O. The van der Waals surface area contributed by atoms with Crippen molar-refractivity contribution >= 4 is 0 Å². The second kappa shape index (κ2) is 6.38. The Balaban J connectivity index is 1.93. The third-order valence-corrected chi connectivity index (χ3v) is 2.99. The van der Waals surface area contributed by atoms with Crippen LogP contribution < -0.4 is 10.5 Å². The minimum Gasteiger partial charge on any atom is -0.486 e. The Morgan fingerprint density at radius 2 is 2.05 bits per heavy atom. The Morgan fingerprint density at radius 3 is 2.68 bits per heavy atom. The maximum Gasteiger partial charge on any atom is 0.146 e. The average Bonchev–Trinajstić information content (AvgIpc) is 2.84. The van der Waals surface area contributed by atoms with Gasteiger partial charge >= 0.3 is 0 Å². The SMILES string of the molecule is CCn1ccnc1COc1ccc(CC(C)N)cc1. The summed E-state index contributed by atoms with van der Waals surface area (Å²) in [5.41, 5.74) is 7.01. The molecule has 0 saturated carbocycles. The molecule has 1 atom stereocenters. The number of nitrogens with zero attached hydrogens (tertiary/aromatic N) is 2. The summed E-state index contributed by atoms with van der Waals surface area (Å²) in [7, 11) is 0. The largest absolute Gasteiger partial charge is 0.486 e. The van der Waals surface area contributed by atoms with Crippen LogP contribution >= 0.6 is 0 Å². The van der Waals surface area contributed by atoms with Crippen molar-refractivity contribution in [3.8, 4) is 5.75 Å². The standard InChI is InChI=1S/C15H21N3O/c1-3-18-9-8-17-15(18)11-19-14-6-4-13(5-7-14)10-12(2)16/h4-9,12H,3,10-11,16H2,1-2H3. The van der Waals surface area contributed by atoms with Gasteiger partial charge in [-0.1, -0.05) is 12.1 Å². The highest BCUT2D eigenvalue weighted by Gasteiger charge is 2.03. The summed E-state index contributed by atoms with van der Waals surface area (Å²) in [6.45, 7) is 5.50. The van der Waals surface area contributed by atoms with Crippen molar-refractivity contribution in [2.24, 2.45) is 5.73 Å². The Bertz CT molecular complexity index is 502. The van der Waals surface area contributed by atoms with Crippen LogP contribution in [0, 0.1) is 0 Å². The first-order valence-corrected chi connectivity index (χ1v) is 6.66. The lowest BCUT2D eigenvalue weighted by Crippen LogP contribution is -2.17. The molecule has 4 nitrogen and oxygen atoms in total. The van der Waals surface area contributed by atoms with Gasteiger partial charge in [0.2, 0.25) is 0 Å². The summed E-state index contributed by atoms with van der Waals surface area (Å²) in [6.07, 6.45) is 4.65. The fourth-order valence-corrected chi connectivity index (χ4v) is 2.01. The summed E-state index contributed by atoms with van der Waals surface area (Å²) >= 11 is 0. The van der Waals surface area contributed by atoms with Crippen LogP contribution in [0.1, 0.15) is 25.2 Å². The Hall–Kier alpha value is -1.81. The number of imidazole rings is 1. The summed E-state index contributed by atoms with van der Waals surface area (Å²) in [6, 6.07) is 8.27. The highest BCUT2D eigenvalue weighted by atomic mass is 16.5. The summed E-state index contributed by atoms with van der Waals surface area (Å²) in [5, 5.41) is 0. The van der Waals surface area contributed by atoms with Gasteiger partial charge in [-0.3, -0.25) is 0 Å². The van der Waals surface area contributed by atoms with E-state index in [1.807, 2.05) is 25.3 Å². The van der Waals surface area contributed by atoms with Gasteiger partial charge in [0.1, 0.15) is 18.2 Å². The van der Waals surface area contributed by atoms with E-state index in [1.54, 1.807) is 6.20 Å². The van der Waals surface area contributed by atoms with Crippen LogP contribution in [0.25, 0.3) is 0 Å². The van der Waals surface area contributed by atoms with Crippen LogP contribution in [0.4, 0.5) is 0 Å². The van der Waals surface area contributed by atoms with Gasteiger partial charge in [-0.15, -0.1) is 0 Å². The van der Waals surface area contributed by atoms with Gasteiger partial charge in [0.05, 0.1) is 0 Å². The van der Waals surface area contributed by atoms with Crippen LogP contribution in [-0.2, 0) is 19.6 Å². The number of hydrogen-bond donors (Lipinski definition) is 1. The predicted molar refractivity (Wildman–Crippen MR) is 76.0 cm³/mol. The minimum absolute atomic E-state index is 0.184. The number of rotatable bonds is 6. The molecule has 0 aliphatic carbocycles. The number of hydrogen-bond acceptors (Lipinski definition) is 3. The van der Waals surface area contributed by atoms with Gasteiger partial charge in [0.25, 0.3) is 0 Å². The van der Waals surface area contributed by atoms with E-state index in [1.165, 1.54) is 5.56 Å². The van der Waals surface area contributed by atoms with E-state index in [2.05, 4.69) is 28.6 Å². The van der Waals surface area contributed by atoms with Crippen molar-refractivity contribution in [3.63, 3.8) is 0 Å². The fourth-order valence-electron chi connectivity index (χ4n) is 2.01. The van der Waals surface area contributed by atoms with Crippen LogP contribution in [0.3, 0.4) is 0 Å². The van der Waals surface area contributed by atoms with E-state index in [4.69, 9.17) is 10.5 Å². The molecule has 1 heterocycles. The molecule has 0 fully saturated rings. The van der Waals surface area contributed by atoms with E-state index >= 15 is 0 Å². The first-order chi connectivity index (χ1) is 9.19. The number of ether oxygens (including phenoxy) is 1. The maximum absolute atomic E-state index is 5.78. The first kappa shape index (κ1) is 13.6. The minimum atomic E-state index is 0.184. The second-order valence-corrected chi connectivity index (χ2v) is 4.74. The number of aryl methyl sites for hydroxylation is 1. The van der Waals surface area contributed by atoms with E-state index < -0.39 is 0 Å². The van der Waals surface area contributed by atoms with Gasteiger partial charge in [-0.25, -0.2) is 4.98 Å². The molecular weight excluding hydrogens is 238 g/mol. The van der Waals surface area contributed by atoms with Gasteiger partial charge in [-0.2, -0.15) is 0 Å². The number of nitrogens with two attached hydrogens (primary N) is 1. The Kier molecular flexibility index (Phi) is 4.58. The predicted octanol–water partition coefficient (Wildman–Crippen LogP) is 2.37. The molecule has 2 rings (SSSR count). The van der Waals surface area contributed by atoms with E-state index in [0.717, 1.165) is 24.5 Å². The molecule has 1 unspecified atom stereocenters. The molecule has 1 aromatic heterocycles. The molecule has 102 valence electrons. The van der Waals surface area contributed by atoms with E-state index in [0.29, 0.717) is 6.61 Å². The zero-order valence-electron chi connectivity index (χ0n) is 11.5. The lowest BCUT2D eigenvalue weighted by Gasteiger charge is -2.09. The van der Waals surface area contributed by atoms with Crippen LogP contribution in [0.5, 0.6) is 5.75 Å². The Labute approximate surface area is 114 Å². The van der Waals surface area contributed by atoms with Gasteiger partial charge in [0.15, 0.2) is 0 Å². The van der Waals surface area contributed by atoms with Gasteiger partial charge in [0, 0.05) is 25.0 Å². The van der Waals surface area contributed by atoms with Crippen molar-refractivity contribution in [1.29, 1.82) is 0 Å². The lowest BCUT2D eigenvalue weighted by atomic mass is 10.1. The normalized spacial score (nSPS) is 12.4. The van der Waals surface area contributed by atoms with E-state index in [9.17, 15) is 0 Å². The molecule has 1 aromatic carbocycles. The lowest BCUT2D eigenvalue weighted by molar-refractivity contribution is 0.290. The third-order valence-electron chi connectivity index (χ3n) is 2.99. The van der Waals surface area contributed by atoms with Crippen molar-refractivity contribution in [3.05, 3.63) is 48.0 Å². The van der Waals surface area contributed by atoms with E-state index in [-0.39, 0.29) is 6.04 Å². The molecule has 0 radical (unpaired) electrons. The van der Waals surface area contributed by atoms with Crippen molar-refractivity contribution < 1.29 is 4.74 Å². The molecule has 2 aromatic rings. The van der Waals surface area contributed by atoms with Crippen LogP contribution in [-0.4, -0.2) is 15.6 Å². The fraction of sp³-hybridized carbons (Fsp3) is 0.400. The van der Waals surface area contributed by atoms with Crippen LogP contribution in [0.15, 0.2) is 36.7 Å². The van der Waals surface area contributed by atoms with Gasteiger partial charge in [-0.05, 0) is 38.0 Å². The quantitative estimate of drug-likeness (QED) is 0.866. The Morgan fingerprint density at radius 1 is 1.32 bits per heavy atom. The highest BCUT2D eigenvalue weighted by molar-refractivity contribution is 5.27. The average molecular weight is 259 g/mol. The highest BCUT2D eigenvalue weighted by Crippen LogP contribution is 2.14. The third kappa shape index (κ3) is 3.83. The maximum atomic E-state index is 5.78. The van der Waals surface area contributed by atoms with Crippen molar-refractivity contribution in [2.75, 3.05) is 0 Å². The zero-order valence-corrected chi connectivity index (χ0v) is 11.5. The molecule has 0 bridgehead atoms. The smallest absolute Gasteiger partial charge is 0.146 e. The number of aromatic nitrogens is 2. The molecule has 4 heteroatoms. The molecule has 0 aliphatic rings. The number of benzene rings is 1. The monoisotopic (exact) mass is 259 g/mol. The van der Waals surface area contributed by atoms with Crippen LogP contribution in [0.2, 0.25) is 0 Å². The summed E-state index contributed by atoms with van der Waals surface area (Å²) in [4.78, 5) is 4.28. The molecule has 0 saturated heterocycles. The topological polar surface area (TPSA) is 53.1 Å².